The fraction of sp³-hybridized carbons (Fsp3) is 0.133. The first-order valence-corrected chi connectivity index (χ1v) is 8.27. The minimum absolute atomic E-state index is 0.0451. The maximum absolute atomic E-state index is 11.6. The van der Waals surface area contributed by atoms with Crippen molar-refractivity contribution in [1.29, 1.82) is 0 Å². The first-order chi connectivity index (χ1) is 10.1. The molecule has 0 aliphatic heterocycles. The van der Waals surface area contributed by atoms with Crippen LogP contribution in [0.5, 0.6) is 0 Å². The quantitative estimate of drug-likeness (QED) is 0.806. The van der Waals surface area contributed by atoms with Gasteiger partial charge in [-0.3, -0.25) is 9.29 Å². The van der Waals surface area contributed by atoms with Crippen molar-refractivity contribution in [1.82, 2.24) is 9.55 Å². The Morgan fingerprint density at radius 1 is 1.14 bits per heavy atom. The van der Waals surface area contributed by atoms with Gasteiger partial charge in [-0.05, 0) is 37.3 Å². The molecule has 0 radical (unpaired) electrons. The molecule has 1 N–H and O–H groups in total. The van der Waals surface area contributed by atoms with E-state index in [9.17, 15) is 8.42 Å². The Labute approximate surface area is 123 Å². The van der Waals surface area contributed by atoms with Gasteiger partial charge in [0.1, 0.15) is 6.33 Å². The van der Waals surface area contributed by atoms with Crippen LogP contribution in [0.3, 0.4) is 0 Å². The van der Waals surface area contributed by atoms with Crippen molar-refractivity contribution in [2.24, 2.45) is 0 Å². The topological polar surface area (TPSA) is 64.0 Å². The van der Waals surface area contributed by atoms with Crippen LogP contribution in [-0.2, 0) is 10.0 Å². The van der Waals surface area contributed by atoms with Gasteiger partial charge in [0.2, 0.25) is 10.0 Å². The lowest BCUT2D eigenvalue weighted by Gasteiger charge is -2.07. The molecular weight excluding hydrogens is 286 g/mol. The minimum atomic E-state index is -3.27. The highest BCUT2D eigenvalue weighted by molar-refractivity contribution is 7.92. The van der Waals surface area contributed by atoms with E-state index in [-0.39, 0.29) is 5.75 Å². The molecule has 6 heteroatoms. The van der Waals surface area contributed by atoms with Crippen LogP contribution in [0.25, 0.3) is 16.7 Å². The van der Waals surface area contributed by atoms with Crippen LogP contribution in [0, 0.1) is 0 Å². The average Bonchev–Trinajstić information content (AvgIpc) is 2.91. The van der Waals surface area contributed by atoms with Crippen molar-refractivity contribution < 1.29 is 8.42 Å². The summed E-state index contributed by atoms with van der Waals surface area (Å²) >= 11 is 0. The normalized spacial score (nSPS) is 11.7. The predicted octanol–water partition coefficient (Wildman–Crippen LogP) is 2.79. The van der Waals surface area contributed by atoms with E-state index in [1.807, 2.05) is 41.0 Å². The summed E-state index contributed by atoms with van der Waals surface area (Å²) in [5.41, 5.74) is 3.22. The van der Waals surface area contributed by atoms with E-state index < -0.39 is 10.0 Å². The van der Waals surface area contributed by atoms with E-state index in [2.05, 4.69) is 9.71 Å². The van der Waals surface area contributed by atoms with Crippen molar-refractivity contribution in [2.75, 3.05) is 10.5 Å². The van der Waals surface area contributed by atoms with Crippen molar-refractivity contribution in [3.8, 4) is 5.69 Å². The van der Waals surface area contributed by atoms with Gasteiger partial charge in [-0.15, -0.1) is 0 Å². The molecule has 0 spiro atoms. The molecule has 3 rings (SSSR count). The summed E-state index contributed by atoms with van der Waals surface area (Å²) in [5.74, 6) is 0.0451. The SMILES string of the molecule is CCS(=O)(=O)Nc1ccc2c(c1)ncn2-c1ccccc1. The van der Waals surface area contributed by atoms with Gasteiger partial charge in [0.25, 0.3) is 0 Å². The number of hydrogen-bond donors (Lipinski definition) is 1. The zero-order chi connectivity index (χ0) is 14.9. The van der Waals surface area contributed by atoms with Crippen LogP contribution in [0.1, 0.15) is 6.92 Å². The number of hydrogen-bond acceptors (Lipinski definition) is 3. The summed E-state index contributed by atoms with van der Waals surface area (Å²) in [6.45, 7) is 1.60. The van der Waals surface area contributed by atoms with E-state index in [0.29, 0.717) is 5.69 Å². The summed E-state index contributed by atoms with van der Waals surface area (Å²) < 4.78 is 27.7. The molecule has 5 nitrogen and oxygen atoms in total. The Morgan fingerprint density at radius 2 is 1.90 bits per heavy atom. The Kier molecular flexibility index (Phi) is 3.39. The second kappa shape index (κ2) is 5.21. The number of fused-ring (bicyclic) bond motifs is 1. The average molecular weight is 301 g/mol. The number of nitrogens with zero attached hydrogens (tertiary/aromatic N) is 2. The third kappa shape index (κ3) is 2.75. The molecule has 3 aromatic rings. The van der Waals surface area contributed by atoms with E-state index >= 15 is 0 Å². The van der Waals surface area contributed by atoms with Crippen molar-refractivity contribution in [3.05, 3.63) is 54.9 Å². The third-order valence-electron chi connectivity index (χ3n) is 3.23. The maximum Gasteiger partial charge on any atom is 0.232 e. The molecular formula is C15H15N3O2S. The number of imidazole rings is 1. The summed E-state index contributed by atoms with van der Waals surface area (Å²) in [7, 11) is -3.27. The van der Waals surface area contributed by atoms with E-state index in [1.165, 1.54) is 0 Å². The molecule has 0 aliphatic rings. The lowest BCUT2D eigenvalue weighted by Crippen LogP contribution is -2.14. The van der Waals surface area contributed by atoms with Crippen LogP contribution in [-0.4, -0.2) is 23.7 Å². The molecule has 0 unspecified atom stereocenters. The van der Waals surface area contributed by atoms with Gasteiger partial charge in [0.15, 0.2) is 0 Å². The smallest absolute Gasteiger partial charge is 0.232 e. The van der Waals surface area contributed by atoms with Gasteiger partial charge < -0.3 is 0 Å². The standard InChI is InChI=1S/C15H15N3O2S/c1-2-21(19,20)17-12-8-9-15-14(10-12)16-11-18(15)13-6-4-3-5-7-13/h3-11,17H,2H2,1H3. The molecule has 0 fully saturated rings. The molecule has 0 saturated carbocycles. The zero-order valence-electron chi connectivity index (χ0n) is 11.5. The molecule has 0 saturated heterocycles. The van der Waals surface area contributed by atoms with Gasteiger partial charge in [-0.2, -0.15) is 0 Å². The largest absolute Gasteiger partial charge is 0.299 e. The summed E-state index contributed by atoms with van der Waals surface area (Å²) in [6, 6.07) is 15.2. The lowest BCUT2D eigenvalue weighted by atomic mass is 10.2. The van der Waals surface area contributed by atoms with Crippen LogP contribution in [0.2, 0.25) is 0 Å². The molecule has 0 amide bonds. The molecule has 0 atom stereocenters. The first kappa shape index (κ1) is 13.6. The molecule has 1 heterocycles. The molecule has 0 aliphatic carbocycles. The second-order valence-electron chi connectivity index (χ2n) is 4.66. The summed E-state index contributed by atoms with van der Waals surface area (Å²) in [6.07, 6.45) is 1.73. The van der Waals surface area contributed by atoms with Gasteiger partial charge in [0, 0.05) is 5.69 Å². The molecule has 0 bridgehead atoms. The molecule has 21 heavy (non-hydrogen) atoms. The zero-order valence-corrected chi connectivity index (χ0v) is 12.3. The molecule has 1 aromatic heterocycles. The Hall–Kier alpha value is -2.34. The summed E-state index contributed by atoms with van der Waals surface area (Å²) in [5, 5.41) is 0. The predicted molar refractivity (Wildman–Crippen MR) is 84.2 cm³/mol. The monoisotopic (exact) mass is 301 g/mol. The van der Waals surface area contributed by atoms with Crippen LogP contribution in [0.15, 0.2) is 54.9 Å². The highest BCUT2D eigenvalue weighted by Gasteiger charge is 2.09. The van der Waals surface area contributed by atoms with Crippen LogP contribution < -0.4 is 4.72 Å². The van der Waals surface area contributed by atoms with Crippen molar-refractivity contribution in [3.63, 3.8) is 0 Å². The Morgan fingerprint density at radius 3 is 2.62 bits per heavy atom. The Balaban J connectivity index is 2.02. The van der Waals surface area contributed by atoms with Crippen LogP contribution in [0.4, 0.5) is 5.69 Å². The number of benzene rings is 2. The highest BCUT2D eigenvalue weighted by Crippen LogP contribution is 2.22. The number of anilines is 1. The Bertz CT molecular complexity index is 870. The van der Waals surface area contributed by atoms with E-state index in [4.69, 9.17) is 0 Å². The fourth-order valence-electron chi connectivity index (χ4n) is 2.12. The van der Waals surface area contributed by atoms with Crippen molar-refractivity contribution >= 4 is 26.7 Å². The van der Waals surface area contributed by atoms with Gasteiger partial charge in [-0.25, -0.2) is 13.4 Å². The molecule has 2 aromatic carbocycles. The van der Waals surface area contributed by atoms with Gasteiger partial charge >= 0.3 is 0 Å². The first-order valence-electron chi connectivity index (χ1n) is 6.62. The minimum Gasteiger partial charge on any atom is -0.299 e. The number of sulfonamides is 1. The van der Waals surface area contributed by atoms with E-state index in [0.717, 1.165) is 16.7 Å². The lowest BCUT2D eigenvalue weighted by molar-refractivity contribution is 0.602. The van der Waals surface area contributed by atoms with E-state index in [1.54, 1.807) is 25.4 Å². The van der Waals surface area contributed by atoms with Gasteiger partial charge in [0.05, 0.1) is 22.5 Å². The number of nitrogens with one attached hydrogen (secondary N) is 1. The van der Waals surface area contributed by atoms with Crippen LogP contribution >= 0.6 is 0 Å². The number of rotatable bonds is 4. The molecule has 108 valence electrons. The maximum atomic E-state index is 11.6. The highest BCUT2D eigenvalue weighted by atomic mass is 32.2. The van der Waals surface area contributed by atoms with Gasteiger partial charge in [-0.1, -0.05) is 18.2 Å². The fourth-order valence-corrected chi connectivity index (χ4v) is 2.75. The summed E-state index contributed by atoms with van der Waals surface area (Å²) in [4.78, 5) is 4.34. The number of aromatic nitrogens is 2. The third-order valence-corrected chi connectivity index (χ3v) is 4.54. The number of para-hydroxylation sites is 1. The van der Waals surface area contributed by atoms with Crippen molar-refractivity contribution in [2.45, 2.75) is 6.92 Å². The second-order valence-corrected chi connectivity index (χ2v) is 6.67.